The third-order valence-electron chi connectivity index (χ3n) is 4.07. The van der Waals surface area contributed by atoms with E-state index in [0.717, 1.165) is 16.9 Å². The molecule has 26 heavy (non-hydrogen) atoms. The molecule has 0 fully saturated rings. The maximum absolute atomic E-state index is 12.4. The molecule has 1 aliphatic heterocycles. The van der Waals surface area contributed by atoms with Gasteiger partial charge in [0.2, 0.25) is 0 Å². The van der Waals surface area contributed by atoms with Gasteiger partial charge in [-0.25, -0.2) is 4.68 Å². The molecule has 9 nitrogen and oxygen atoms in total. The summed E-state index contributed by atoms with van der Waals surface area (Å²) in [4.78, 5) is 37.7. The van der Waals surface area contributed by atoms with E-state index in [1.54, 1.807) is 22.9 Å². The van der Waals surface area contributed by atoms with Gasteiger partial charge in [0.1, 0.15) is 0 Å². The number of hydrogen-bond acceptors (Lipinski definition) is 7. The highest BCUT2D eigenvalue weighted by molar-refractivity contribution is 6.21. The number of aryl methyl sites for hydroxylation is 2. The highest BCUT2D eigenvalue weighted by atomic mass is 16.5. The lowest BCUT2D eigenvalue weighted by molar-refractivity contribution is -0.145. The second-order valence-electron chi connectivity index (χ2n) is 6.04. The molecular weight excluding hydrogens is 338 g/mol. The number of ether oxygens (including phenoxy) is 1. The van der Waals surface area contributed by atoms with Gasteiger partial charge >= 0.3 is 5.97 Å². The molecule has 0 unspecified atom stereocenters. The molecule has 2 aromatic rings. The zero-order valence-electron chi connectivity index (χ0n) is 14.6. The van der Waals surface area contributed by atoms with Crippen molar-refractivity contribution in [2.24, 2.45) is 0 Å². The van der Waals surface area contributed by atoms with Gasteiger partial charge in [-0.3, -0.25) is 19.3 Å². The zero-order chi connectivity index (χ0) is 18.7. The van der Waals surface area contributed by atoms with E-state index in [-0.39, 0.29) is 31.4 Å². The van der Waals surface area contributed by atoms with E-state index in [4.69, 9.17) is 4.74 Å². The number of amides is 2. The number of tetrazole rings is 1. The van der Waals surface area contributed by atoms with Crippen LogP contribution >= 0.6 is 0 Å². The summed E-state index contributed by atoms with van der Waals surface area (Å²) in [6.07, 6.45) is 0.769. The molecule has 9 heteroatoms. The summed E-state index contributed by atoms with van der Waals surface area (Å²) >= 11 is 0. The Morgan fingerprint density at radius 1 is 1.15 bits per heavy atom. The van der Waals surface area contributed by atoms with Gasteiger partial charge in [0.05, 0.1) is 17.5 Å². The Labute approximate surface area is 149 Å². The molecule has 0 atom stereocenters. The maximum atomic E-state index is 12.4. The second kappa shape index (κ2) is 7.42. The number of esters is 1. The predicted molar refractivity (Wildman–Crippen MR) is 89.1 cm³/mol. The molecule has 136 valence electrons. The van der Waals surface area contributed by atoms with Crippen LogP contribution in [0.4, 0.5) is 0 Å². The fourth-order valence-electron chi connectivity index (χ4n) is 2.74. The van der Waals surface area contributed by atoms with Gasteiger partial charge in [0, 0.05) is 13.1 Å². The van der Waals surface area contributed by atoms with Crippen LogP contribution in [0.3, 0.4) is 0 Å². The van der Waals surface area contributed by atoms with Gasteiger partial charge in [0.15, 0.2) is 12.4 Å². The van der Waals surface area contributed by atoms with Crippen LogP contribution in [0.1, 0.15) is 51.9 Å². The van der Waals surface area contributed by atoms with E-state index in [0.29, 0.717) is 23.5 Å². The first-order valence-electron chi connectivity index (χ1n) is 8.38. The summed E-state index contributed by atoms with van der Waals surface area (Å²) < 4.78 is 6.72. The van der Waals surface area contributed by atoms with Crippen molar-refractivity contribution in [2.75, 3.05) is 6.54 Å². The molecule has 3 rings (SSSR count). The molecule has 1 aliphatic rings. The molecule has 1 aromatic heterocycles. The van der Waals surface area contributed by atoms with Crippen LogP contribution in [0.2, 0.25) is 0 Å². The molecule has 0 N–H and O–H groups in total. The topological polar surface area (TPSA) is 107 Å². The summed E-state index contributed by atoms with van der Waals surface area (Å²) in [5.41, 5.74) is 1.64. The minimum atomic E-state index is -0.524. The van der Waals surface area contributed by atoms with Gasteiger partial charge in [0.25, 0.3) is 11.8 Å². The van der Waals surface area contributed by atoms with Gasteiger partial charge in [-0.2, -0.15) is 0 Å². The molecule has 1 aromatic carbocycles. The van der Waals surface area contributed by atoms with Gasteiger partial charge < -0.3 is 4.74 Å². The van der Waals surface area contributed by atoms with Crippen molar-refractivity contribution in [1.82, 2.24) is 25.1 Å². The monoisotopic (exact) mass is 357 g/mol. The van der Waals surface area contributed by atoms with Crippen LogP contribution in [-0.4, -0.2) is 49.4 Å². The van der Waals surface area contributed by atoms with Crippen molar-refractivity contribution in [3.8, 4) is 0 Å². The summed E-state index contributed by atoms with van der Waals surface area (Å²) in [6, 6.07) is 5.10. The van der Waals surface area contributed by atoms with Crippen molar-refractivity contribution in [2.45, 2.75) is 39.8 Å². The van der Waals surface area contributed by atoms with Crippen LogP contribution in [0.25, 0.3) is 0 Å². The standard InChI is InChI=1S/C17H19N5O4/c1-3-7-22-14(18-19-20-22)10-26-15(23)6-8-21-16(24)12-5-4-11(2)9-13(12)17(21)25/h4-5,9H,3,6-8,10H2,1-2H3. The lowest BCUT2D eigenvalue weighted by Crippen LogP contribution is -2.32. The Kier molecular flexibility index (Phi) is 5.06. The first kappa shape index (κ1) is 17.7. The highest BCUT2D eigenvalue weighted by Crippen LogP contribution is 2.24. The van der Waals surface area contributed by atoms with E-state index in [9.17, 15) is 14.4 Å². The molecule has 0 saturated heterocycles. The van der Waals surface area contributed by atoms with E-state index >= 15 is 0 Å². The normalized spacial score (nSPS) is 13.2. The molecule has 2 amide bonds. The Balaban J connectivity index is 1.54. The first-order chi connectivity index (χ1) is 12.5. The molecule has 0 bridgehead atoms. The van der Waals surface area contributed by atoms with Crippen molar-refractivity contribution in [1.29, 1.82) is 0 Å². The molecule has 0 saturated carbocycles. The minimum absolute atomic E-state index is 0.0237. The summed E-state index contributed by atoms with van der Waals surface area (Å²) in [5.74, 6) is -0.835. The number of carbonyl (C=O) groups is 3. The van der Waals surface area contributed by atoms with Gasteiger partial charge in [-0.1, -0.05) is 18.6 Å². The van der Waals surface area contributed by atoms with Crippen LogP contribution in [0.5, 0.6) is 0 Å². The smallest absolute Gasteiger partial charge is 0.308 e. The lowest BCUT2D eigenvalue weighted by atomic mass is 10.1. The third kappa shape index (κ3) is 3.46. The number of nitrogens with zero attached hydrogens (tertiary/aromatic N) is 5. The first-order valence-corrected chi connectivity index (χ1v) is 8.38. The molecule has 0 aliphatic carbocycles. The van der Waals surface area contributed by atoms with E-state index in [1.807, 2.05) is 13.8 Å². The van der Waals surface area contributed by atoms with Crippen molar-refractivity contribution in [3.05, 3.63) is 40.7 Å². The molecular formula is C17H19N5O4. The number of imide groups is 1. The lowest BCUT2D eigenvalue weighted by Gasteiger charge is -2.13. The summed E-state index contributed by atoms with van der Waals surface area (Å²) in [7, 11) is 0. The van der Waals surface area contributed by atoms with Crippen LogP contribution in [0.15, 0.2) is 18.2 Å². The molecule has 0 spiro atoms. The zero-order valence-corrected chi connectivity index (χ0v) is 14.6. The SMILES string of the molecule is CCCn1nnnc1COC(=O)CCN1C(=O)c2ccc(C)cc2C1=O. The summed E-state index contributed by atoms with van der Waals surface area (Å²) in [6.45, 7) is 4.40. The number of hydrogen-bond donors (Lipinski definition) is 0. The largest absolute Gasteiger partial charge is 0.457 e. The van der Waals surface area contributed by atoms with Gasteiger partial charge in [-0.05, 0) is 35.9 Å². The molecule has 2 heterocycles. The number of benzene rings is 1. The Hall–Kier alpha value is -3.10. The highest BCUT2D eigenvalue weighted by Gasteiger charge is 2.35. The molecule has 0 radical (unpaired) electrons. The number of aromatic nitrogens is 4. The fraction of sp³-hybridized carbons (Fsp3) is 0.412. The van der Waals surface area contributed by atoms with Crippen molar-refractivity contribution < 1.29 is 19.1 Å². The van der Waals surface area contributed by atoms with Crippen LogP contribution in [-0.2, 0) is 22.7 Å². The summed E-state index contributed by atoms with van der Waals surface area (Å²) in [5, 5.41) is 11.2. The van der Waals surface area contributed by atoms with Crippen LogP contribution in [0, 0.1) is 6.92 Å². The van der Waals surface area contributed by atoms with E-state index in [1.165, 1.54) is 0 Å². The van der Waals surface area contributed by atoms with Crippen molar-refractivity contribution in [3.63, 3.8) is 0 Å². The van der Waals surface area contributed by atoms with E-state index in [2.05, 4.69) is 15.5 Å². The number of rotatable bonds is 7. The third-order valence-corrected chi connectivity index (χ3v) is 4.07. The fourth-order valence-corrected chi connectivity index (χ4v) is 2.74. The minimum Gasteiger partial charge on any atom is -0.457 e. The van der Waals surface area contributed by atoms with E-state index < -0.39 is 5.97 Å². The Morgan fingerprint density at radius 2 is 1.92 bits per heavy atom. The average Bonchev–Trinajstić information content (AvgIpc) is 3.15. The predicted octanol–water partition coefficient (Wildman–Crippen LogP) is 1.12. The second-order valence-corrected chi connectivity index (χ2v) is 6.04. The number of carbonyl (C=O) groups excluding carboxylic acids is 3. The average molecular weight is 357 g/mol. The maximum Gasteiger partial charge on any atom is 0.308 e. The Morgan fingerprint density at radius 3 is 2.69 bits per heavy atom. The quantitative estimate of drug-likeness (QED) is 0.540. The Bertz CT molecular complexity index is 861. The van der Waals surface area contributed by atoms with Crippen molar-refractivity contribution >= 4 is 17.8 Å². The van der Waals surface area contributed by atoms with Gasteiger partial charge in [-0.15, -0.1) is 5.10 Å². The number of fused-ring (bicyclic) bond motifs is 1. The van der Waals surface area contributed by atoms with Crippen LogP contribution < -0.4 is 0 Å².